The number of nitrogens with zero attached hydrogens (tertiary/aromatic N) is 4. The molecule has 0 spiro atoms. The molecule has 0 N–H and O–H groups in total. The number of pyridine rings is 4. The maximum Gasteiger partial charge on any atom is 1.00 e. The third-order valence-electron chi connectivity index (χ3n) is 4.82. The Morgan fingerprint density at radius 3 is 0.769 bits per heavy atom. The molecule has 0 atom stereocenters. The Balaban J connectivity index is 0.00000196. The number of hydrogen-bond donors (Lipinski definition) is 0. The molecule has 0 aromatic carbocycles. The van der Waals surface area contributed by atoms with Crippen LogP contribution in [-0.2, 0) is 0 Å². The second-order valence-electron chi connectivity index (χ2n) is 5.99. The van der Waals surface area contributed by atoms with E-state index < -0.39 is 6.15 Å². The summed E-state index contributed by atoms with van der Waals surface area (Å²) in [4.78, 5) is 16.9. The van der Waals surface area contributed by atoms with Crippen LogP contribution < -0.4 is 51.4 Å². The van der Waals surface area contributed by atoms with E-state index in [1.807, 2.05) is 49.6 Å². The van der Waals surface area contributed by atoms with E-state index in [-0.39, 0.29) is 29.6 Å². The first-order chi connectivity index (χ1) is 12.4. The molecule has 0 saturated heterocycles. The fourth-order valence-corrected chi connectivity index (χ4v) is 3.76. The molecular weight excluding hydrogens is 330 g/mol. The molecule has 0 fully saturated rings. The molecule has 0 aliphatic carbocycles. The summed E-state index contributed by atoms with van der Waals surface area (Å²) in [5.74, 6) is 0. The SMILES string of the molecule is [Na+].c1cc([B-](c2ccncc2)(c2ccncc2)c2ccncc2)ccn1. The molecule has 0 unspecified atom stereocenters. The van der Waals surface area contributed by atoms with Gasteiger partial charge in [0.15, 0.2) is 0 Å². The molecule has 4 heterocycles. The van der Waals surface area contributed by atoms with E-state index in [9.17, 15) is 0 Å². The first-order valence-electron chi connectivity index (χ1n) is 8.20. The van der Waals surface area contributed by atoms with Gasteiger partial charge < -0.3 is 0 Å². The molecule has 26 heavy (non-hydrogen) atoms. The van der Waals surface area contributed by atoms with Gasteiger partial charge in [-0.25, -0.2) is 0 Å². The van der Waals surface area contributed by atoms with Gasteiger partial charge >= 0.3 is 29.6 Å². The minimum absolute atomic E-state index is 0. The predicted molar refractivity (Wildman–Crippen MR) is 101 cm³/mol. The van der Waals surface area contributed by atoms with Gasteiger partial charge in [-0.05, 0) is 0 Å². The van der Waals surface area contributed by atoms with Crippen LogP contribution in [0.5, 0.6) is 0 Å². The van der Waals surface area contributed by atoms with E-state index in [2.05, 4.69) is 68.5 Å². The third-order valence-corrected chi connectivity index (χ3v) is 4.82. The van der Waals surface area contributed by atoms with Crippen molar-refractivity contribution < 1.29 is 29.6 Å². The topological polar surface area (TPSA) is 51.6 Å². The number of aromatic nitrogens is 4. The summed E-state index contributed by atoms with van der Waals surface area (Å²) in [5, 5.41) is 0. The van der Waals surface area contributed by atoms with E-state index in [4.69, 9.17) is 0 Å². The van der Waals surface area contributed by atoms with Crippen LogP contribution >= 0.6 is 0 Å². The van der Waals surface area contributed by atoms with Crippen LogP contribution in [0.2, 0.25) is 0 Å². The Morgan fingerprint density at radius 1 is 0.385 bits per heavy atom. The number of hydrogen-bond acceptors (Lipinski definition) is 4. The Hall–Kier alpha value is -2.34. The van der Waals surface area contributed by atoms with Crippen molar-refractivity contribution in [2.75, 3.05) is 0 Å². The second-order valence-corrected chi connectivity index (χ2v) is 5.99. The van der Waals surface area contributed by atoms with Crippen molar-refractivity contribution in [3.63, 3.8) is 0 Å². The summed E-state index contributed by atoms with van der Waals surface area (Å²) >= 11 is 0. The number of rotatable bonds is 4. The van der Waals surface area contributed by atoms with Crippen molar-refractivity contribution in [3.8, 4) is 0 Å². The normalized spacial score (nSPS) is 10.8. The zero-order chi connectivity index (χ0) is 17.0. The van der Waals surface area contributed by atoms with E-state index in [1.54, 1.807) is 0 Å². The molecule has 0 aliphatic rings. The van der Waals surface area contributed by atoms with Crippen molar-refractivity contribution >= 4 is 28.0 Å². The van der Waals surface area contributed by atoms with Crippen LogP contribution in [0.25, 0.3) is 0 Å². The molecule has 4 rings (SSSR count). The summed E-state index contributed by atoms with van der Waals surface area (Å²) in [6, 6.07) is 16.7. The Labute approximate surface area is 175 Å². The van der Waals surface area contributed by atoms with Crippen molar-refractivity contribution in [2.45, 2.75) is 0 Å². The largest absolute Gasteiger partial charge is 1.00 e. The van der Waals surface area contributed by atoms with Gasteiger partial charge in [-0.3, -0.25) is 19.9 Å². The van der Waals surface area contributed by atoms with Gasteiger partial charge in [0.05, 0.1) is 0 Å². The zero-order valence-corrected chi connectivity index (χ0v) is 16.6. The molecule has 4 aromatic heterocycles. The van der Waals surface area contributed by atoms with Crippen LogP contribution in [0.1, 0.15) is 0 Å². The molecular formula is C20H16BN4Na. The minimum atomic E-state index is -1.38. The molecule has 6 heteroatoms. The Bertz CT molecular complexity index is 775. The maximum absolute atomic E-state index is 4.21. The second kappa shape index (κ2) is 8.36. The van der Waals surface area contributed by atoms with Crippen LogP contribution in [0.15, 0.2) is 98.1 Å². The quantitative estimate of drug-likeness (QED) is 0.389. The first-order valence-corrected chi connectivity index (χ1v) is 8.20. The average Bonchev–Trinajstić information content (AvgIpc) is 2.72. The molecule has 0 bridgehead atoms. The van der Waals surface area contributed by atoms with Crippen molar-refractivity contribution in [3.05, 3.63) is 98.1 Å². The maximum atomic E-state index is 4.21. The van der Waals surface area contributed by atoms with Gasteiger partial charge in [0.25, 0.3) is 0 Å². The van der Waals surface area contributed by atoms with Gasteiger partial charge in [-0.15, -0.1) is 0 Å². The Kier molecular flexibility index (Phi) is 5.94. The summed E-state index contributed by atoms with van der Waals surface area (Å²) in [6.07, 6.45) is 13.4. The zero-order valence-electron chi connectivity index (χ0n) is 14.6. The van der Waals surface area contributed by atoms with Gasteiger partial charge in [0.2, 0.25) is 0 Å². The van der Waals surface area contributed by atoms with E-state index in [0.29, 0.717) is 0 Å². The molecule has 0 saturated carbocycles. The van der Waals surface area contributed by atoms with Crippen LogP contribution in [-0.4, -0.2) is 26.1 Å². The molecule has 4 aromatic rings. The van der Waals surface area contributed by atoms with E-state index in [1.165, 1.54) is 21.9 Å². The van der Waals surface area contributed by atoms with Crippen LogP contribution in [0.3, 0.4) is 0 Å². The Morgan fingerprint density at radius 2 is 0.577 bits per heavy atom. The fourth-order valence-electron chi connectivity index (χ4n) is 3.76. The molecule has 120 valence electrons. The van der Waals surface area contributed by atoms with Gasteiger partial charge in [-0.2, -0.15) is 21.9 Å². The summed E-state index contributed by atoms with van der Waals surface area (Å²) in [5.41, 5.74) is 4.77. The third kappa shape index (κ3) is 3.21. The van der Waals surface area contributed by atoms with Crippen LogP contribution in [0.4, 0.5) is 0 Å². The summed E-state index contributed by atoms with van der Waals surface area (Å²) in [6.45, 7) is 0. The van der Waals surface area contributed by atoms with Crippen molar-refractivity contribution in [2.24, 2.45) is 0 Å². The molecule has 4 nitrogen and oxygen atoms in total. The summed E-state index contributed by atoms with van der Waals surface area (Å²) in [7, 11) is 0. The fraction of sp³-hybridized carbons (Fsp3) is 0. The summed E-state index contributed by atoms with van der Waals surface area (Å²) < 4.78 is 0. The molecule has 0 amide bonds. The van der Waals surface area contributed by atoms with Gasteiger partial charge in [0.1, 0.15) is 6.15 Å². The van der Waals surface area contributed by atoms with E-state index >= 15 is 0 Å². The smallest absolute Gasteiger partial charge is 0.265 e. The van der Waals surface area contributed by atoms with Gasteiger partial charge in [0, 0.05) is 49.6 Å². The molecule has 0 aliphatic heterocycles. The standard InChI is InChI=1S/C20H16BN4.Na/c1-9-22-10-2-17(1)21(18-3-11-23-12-4-18,19-5-13-24-14-6-19)20-7-15-25-16-8-20;/h1-16H;/q-1;+1. The molecule has 0 radical (unpaired) electrons. The van der Waals surface area contributed by atoms with E-state index in [0.717, 1.165) is 0 Å². The minimum Gasteiger partial charge on any atom is -0.265 e. The average molecular weight is 346 g/mol. The first kappa shape index (κ1) is 18.5. The van der Waals surface area contributed by atoms with Gasteiger partial charge in [-0.1, -0.05) is 48.5 Å². The predicted octanol–water partition coefficient (Wildman–Crippen LogP) is -2.35. The van der Waals surface area contributed by atoms with Crippen molar-refractivity contribution in [1.82, 2.24) is 19.9 Å². The van der Waals surface area contributed by atoms with Crippen LogP contribution in [0, 0.1) is 0 Å². The monoisotopic (exact) mass is 346 g/mol. The van der Waals surface area contributed by atoms with Crippen molar-refractivity contribution in [1.29, 1.82) is 0 Å².